The number of hydrogen-bond acceptors (Lipinski definition) is 6. The first-order chi connectivity index (χ1) is 11.6. The number of aryl methyl sites for hydroxylation is 2. The lowest BCUT2D eigenvalue weighted by Crippen LogP contribution is -2.33. The molecule has 0 spiro atoms. The van der Waals surface area contributed by atoms with E-state index in [1.54, 1.807) is 4.68 Å². The van der Waals surface area contributed by atoms with E-state index in [1.807, 2.05) is 24.8 Å². The third-order valence-corrected chi connectivity index (χ3v) is 5.06. The van der Waals surface area contributed by atoms with Gasteiger partial charge in [-0.25, -0.2) is 9.36 Å². The van der Waals surface area contributed by atoms with E-state index < -0.39 is 0 Å². The average molecular weight is 349 g/mol. The second-order valence-electron chi connectivity index (χ2n) is 6.08. The number of nitrogens with two attached hydrogens (primary N) is 1. The van der Waals surface area contributed by atoms with Gasteiger partial charge in [0.05, 0.1) is 11.4 Å². The van der Waals surface area contributed by atoms with Crippen LogP contribution in [0, 0.1) is 13.8 Å². The molecule has 1 fully saturated rings. The number of nitrogen functional groups attached to an aromatic ring is 1. The van der Waals surface area contributed by atoms with Crippen molar-refractivity contribution in [2.75, 3.05) is 24.7 Å². The van der Waals surface area contributed by atoms with Crippen LogP contribution in [-0.2, 0) is 4.79 Å². The average Bonchev–Trinajstić information content (AvgIpc) is 2.95. The summed E-state index contributed by atoms with van der Waals surface area (Å²) >= 11 is 1.32. The number of carbonyl (C=O) groups is 1. The molecule has 2 aromatic rings. The molecule has 1 saturated heterocycles. The molecule has 0 aliphatic carbocycles. The minimum atomic E-state index is 0.137. The van der Waals surface area contributed by atoms with Gasteiger partial charge in [0.1, 0.15) is 0 Å². The van der Waals surface area contributed by atoms with Crippen molar-refractivity contribution >= 4 is 17.7 Å². The zero-order valence-electron chi connectivity index (χ0n) is 14.1. The number of carbonyl (C=O) groups excluding carboxylic acids is 1. The number of aromatic nitrogens is 5. The monoisotopic (exact) mass is 349 g/mol. The Morgan fingerprint density at radius 2 is 1.92 bits per heavy atom. The van der Waals surface area contributed by atoms with E-state index in [0.29, 0.717) is 16.9 Å². The fourth-order valence-corrected chi connectivity index (χ4v) is 3.64. The van der Waals surface area contributed by atoms with Gasteiger partial charge in [0.2, 0.25) is 11.1 Å². The highest BCUT2D eigenvalue weighted by Gasteiger charge is 2.19. The molecule has 9 heteroatoms. The maximum absolute atomic E-state index is 12.4. The molecule has 1 aliphatic rings. The first kappa shape index (κ1) is 16.8. The predicted molar refractivity (Wildman–Crippen MR) is 92.5 cm³/mol. The number of amides is 1. The molecule has 0 radical (unpaired) electrons. The van der Waals surface area contributed by atoms with Crippen molar-refractivity contribution in [3.05, 3.63) is 17.5 Å². The number of likely N-dealkylation sites (tertiary alicyclic amines) is 1. The van der Waals surface area contributed by atoms with Crippen LogP contribution in [0.2, 0.25) is 0 Å². The lowest BCUT2D eigenvalue weighted by atomic mass is 10.2. The van der Waals surface area contributed by atoms with Gasteiger partial charge < -0.3 is 10.7 Å². The molecular formula is C15H23N7OS. The summed E-state index contributed by atoms with van der Waals surface area (Å²) in [6, 6.07) is 1.95. The van der Waals surface area contributed by atoms with Crippen LogP contribution in [0.25, 0.3) is 5.95 Å². The molecule has 0 unspecified atom stereocenters. The van der Waals surface area contributed by atoms with E-state index in [-0.39, 0.29) is 5.91 Å². The minimum absolute atomic E-state index is 0.137. The van der Waals surface area contributed by atoms with Crippen molar-refractivity contribution < 1.29 is 4.79 Å². The molecule has 130 valence electrons. The SMILES string of the molecule is Cc1cc(C)n(-c2nnc(SCC(=O)N3CCCCCC3)n2N)n1. The summed E-state index contributed by atoms with van der Waals surface area (Å²) < 4.78 is 3.04. The maximum Gasteiger partial charge on any atom is 0.271 e. The first-order valence-corrected chi connectivity index (χ1v) is 9.19. The van der Waals surface area contributed by atoms with Crippen molar-refractivity contribution in [1.29, 1.82) is 0 Å². The summed E-state index contributed by atoms with van der Waals surface area (Å²) in [5.41, 5.74) is 1.82. The number of rotatable bonds is 4. The fourth-order valence-electron chi connectivity index (χ4n) is 2.88. The van der Waals surface area contributed by atoms with E-state index in [0.717, 1.165) is 37.3 Å². The van der Waals surface area contributed by atoms with E-state index in [9.17, 15) is 4.79 Å². The van der Waals surface area contributed by atoms with Crippen LogP contribution in [0.15, 0.2) is 11.2 Å². The normalized spacial score (nSPS) is 15.5. The van der Waals surface area contributed by atoms with Gasteiger partial charge in [-0.1, -0.05) is 24.6 Å². The Labute approximate surface area is 145 Å². The van der Waals surface area contributed by atoms with Crippen LogP contribution in [-0.4, -0.2) is 54.3 Å². The second kappa shape index (κ2) is 7.25. The van der Waals surface area contributed by atoms with Crippen LogP contribution in [0.5, 0.6) is 0 Å². The summed E-state index contributed by atoms with van der Waals surface area (Å²) in [6.07, 6.45) is 4.59. The number of nitrogens with zero attached hydrogens (tertiary/aromatic N) is 6. The quantitative estimate of drug-likeness (QED) is 0.660. The van der Waals surface area contributed by atoms with Crippen molar-refractivity contribution in [1.82, 2.24) is 29.6 Å². The highest BCUT2D eigenvalue weighted by Crippen LogP contribution is 2.19. The zero-order valence-corrected chi connectivity index (χ0v) is 14.9. The van der Waals surface area contributed by atoms with Crippen molar-refractivity contribution in [2.45, 2.75) is 44.7 Å². The smallest absolute Gasteiger partial charge is 0.271 e. The summed E-state index contributed by atoms with van der Waals surface area (Å²) in [5, 5.41) is 13.1. The lowest BCUT2D eigenvalue weighted by molar-refractivity contribution is -0.128. The third-order valence-electron chi connectivity index (χ3n) is 4.13. The minimum Gasteiger partial charge on any atom is -0.342 e. The zero-order chi connectivity index (χ0) is 17.1. The number of hydrogen-bond donors (Lipinski definition) is 1. The Morgan fingerprint density at radius 3 is 2.54 bits per heavy atom. The molecule has 2 N–H and O–H groups in total. The lowest BCUT2D eigenvalue weighted by Gasteiger charge is -2.19. The van der Waals surface area contributed by atoms with Gasteiger partial charge in [0.15, 0.2) is 0 Å². The summed E-state index contributed by atoms with van der Waals surface area (Å²) in [7, 11) is 0. The molecule has 0 bridgehead atoms. The van der Waals surface area contributed by atoms with E-state index >= 15 is 0 Å². The second-order valence-corrected chi connectivity index (χ2v) is 7.02. The Bertz CT molecular complexity index is 715. The van der Waals surface area contributed by atoms with Crippen LogP contribution < -0.4 is 5.84 Å². The standard InChI is InChI=1S/C15H23N7OS/c1-11-9-12(2)22(19-11)14-17-18-15(21(14)16)24-10-13(23)20-7-5-3-4-6-8-20/h9H,3-8,10,16H2,1-2H3. The number of thioether (sulfide) groups is 1. The Balaban J connectivity index is 1.66. The molecule has 8 nitrogen and oxygen atoms in total. The molecular weight excluding hydrogens is 326 g/mol. The largest absolute Gasteiger partial charge is 0.342 e. The molecule has 2 aromatic heterocycles. The van der Waals surface area contributed by atoms with E-state index in [4.69, 9.17) is 5.84 Å². The van der Waals surface area contributed by atoms with Gasteiger partial charge in [-0.15, -0.1) is 10.2 Å². The first-order valence-electron chi connectivity index (χ1n) is 8.21. The Morgan fingerprint density at radius 1 is 1.21 bits per heavy atom. The van der Waals surface area contributed by atoms with E-state index in [2.05, 4.69) is 15.3 Å². The summed E-state index contributed by atoms with van der Waals surface area (Å²) in [5.74, 6) is 7.00. The molecule has 1 aliphatic heterocycles. The maximum atomic E-state index is 12.4. The molecule has 0 atom stereocenters. The topological polar surface area (TPSA) is 94.9 Å². The highest BCUT2D eigenvalue weighted by atomic mass is 32.2. The summed E-state index contributed by atoms with van der Waals surface area (Å²) in [6.45, 7) is 5.55. The van der Waals surface area contributed by atoms with Gasteiger partial charge in [-0.05, 0) is 32.8 Å². The highest BCUT2D eigenvalue weighted by molar-refractivity contribution is 7.99. The molecule has 0 saturated carbocycles. The molecule has 3 heterocycles. The van der Waals surface area contributed by atoms with Crippen LogP contribution >= 0.6 is 11.8 Å². The van der Waals surface area contributed by atoms with Gasteiger partial charge >= 0.3 is 0 Å². The fraction of sp³-hybridized carbons (Fsp3) is 0.600. The molecule has 1 amide bonds. The molecule has 0 aromatic carbocycles. The van der Waals surface area contributed by atoms with Crippen molar-refractivity contribution in [3.8, 4) is 5.95 Å². The van der Waals surface area contributed by atoms with Gasteiger partial charge in [-0.2, -0.15) is 5.10 Å². The van der Waals surface area contributed by atoms with Gasteiger partial charge in [0, 0.05) is 18.8 Å². The van der Waals surface area contributed by atoms with E-state index in [1.165, 1.54) is 29.3 Å². The van der Waals surface area contributed by atoms with Crippen LogP contribution in [0.4, 0.5) is 0 Å². The van der Waals surface area contributed by atoms with Crippen LogP contribution in [0.1, 0.15) is 37.1 Å². The van der Waals surface area contributed by atoms with Gasteiger partial charge in [-0.3, -0.25) is 4.79 Å². The predicted octanol–water partition coefficient (Wildman–Crippen LogP) is 1.29. The van der Waals surface area contributed by atoms with Crippen molar-refractivity contribution in [2.24, 2.45) is 0 Å². The van der Waals surface area contributed by atoms with Crippen LogP contribution in [0.3, 0.4) is 0 Å². The summed E-state index contributed by atoms with van der Waals surface area (Å²) in [4.78, 5) is 14.3. The molecule has 24 heavy (non-hydrogen) atoms. The van der Waals surface area contributed by atoms with Gasteiger partial charge in [0.25, 0.3) is 5.95 Å². The van der Waals surface area contributed by atoms with Crippen molar-refractivity contribution in [3.63, 3.8) is 0 Å². The third kappa shape index (κ3) is 3.55. The Hall–Kier alpha value is -2.03. The Kier molecular flexibility index (Phi) is 5.08. The molecule has 3 rings (SSSR count).